The first-order valence-electron chi connectivity index (χ1n) is 9.49. The predicted octanol–water partition coefficient (Wildman–Crippen LogP) is 4.50. The summed E-state index contributed by atoms with van der Waals surface area (Å²) in [6.07, 6.45) is 7.86. The Morgan fingerprint density at radius 2 is 1.68 bits per heavy atom. The molecular weight excluding hydrogens is 332 g/mol. The zero-order valence-electron chi connectivity index (χ0n) is 16.0. The minimum absolute atomic E-state index is 0. The van der Waals surface area contributed by atoms with Gasteiger partial charge in [-0.3, -0.25) is 4.79 Å². The highest BCUT2D eigenvalue weighted by Gasteiger charge is 2.19. The number of nitrogens with one attached hydrogen (secondary N) is 1. The zero-order valence-corrected chi connectivity index (χ0v) is 16.8. The third-order valence-electron chi connectivity index (χ3n) is 5.08. The third kappa shape index (κ3) is 7.79. The number of amides is 1. The van der Waals surface area contributed by atoms with E-state index in [9.17, 15) is 4.79 Å². The number of rotatable bonds is 6. The first-order chi connectivity index (χ1) is 11.3. The number of unbranched alkanes of at least 4 members (excludes halogenated alkanes) is 1. The fourth-order valence-corrected chi connectivity index (χ4v) is 3.35. The van der Waals surface area contributed by atoms with Gasteiger partial charge in [0.2, 0.25) is 5.91 Å². The molecule has 0 atom stereocenters. The minimum Gasteiger partial charge on any atom is -0.353 e. The van der Waals surface area contributed by atoms with Gasteiger partial charge in [-0.05, 0) is 61.5 Å². The number of halogens is 1. The average molecular weight is 367 g/mol. The van der Waals surface area contributed by atoms with Crippen molar-refractivity contribution in [1.29, 1.82) is 0 Å². The lowest BCUT2D eigenvalue weighted by atomic mass is 9.86. The van der Waals surface area contributed by atoms with Crippen molar-refractivity contribution in [2.75, 3.05) is 0 Å². The lowest BCUT2D eigenvalue weighted by Gasteiger charge is -2.26. The molecule has 0 aromatic heterocycles. The molecule has 1 saturated carbocycles. The van der Waals surface area contributed by atoms with Gasteiger partial charge in [-0.2, -0.15) is 0 Å². The molecule has 1 aromatic carbocycles. The van der Waals surface area contributed by atoms with E-state index in [1.54, 1.807) is 0 Å². The van der Waals surface area contributed by atoms with Gasteiger partial charge < -0.3 is 11.1 Å². The molecule has 1 aromatic rings. The molecular formula is C21H35ClN2O. The summed E-state index contributed by atoms with van der Waals surface area (Å²) in [4.78, 5) is 12.0. The second-order valence-electron chi connectivity index (χ2n) is 8.33. The van der Waals surface area contributed by atoms with Crippen LogP contribution in [0, 0.1) is 0 Å². The summed E-state index contributed by atoms with van der Waals surface area (Å²) in [6.45, 7) is 6.71. The molecule has 0 radical (unpaired) electrons. The number of nitrogens with two attached hydrogens (primary N) is 1. The van der Waals surface area contributed by atoms with Gasteiger partial charge in [-0.25, -0.2) is 0 Å². The Morgan fingerprint density at radius 1 is 1.08 bits per heavy atom. The fourth-order valence-electron chi connectivity index (χ4n) is 3.35. The van der Waals surface area contributed by atoms with E-state index in [1.165, 1.54) is 11.1 Å². The monoisotopic (exact) mass is 366 g/mol. The van der Waals surface area contributed by atoms with Crippen LogP contribution in [-0.2, 0) is 16.6 Å². The topological polar surface area (TPSA) is 55.1 Å². The molecule has 0 unspecified atom stereocenters. The normalized spacial score (nSPS) is 20.6. The Hall–Kier alpha value is -1.06. The Labute approximate surface area is 159 Å². The molecule has 4 heteroatoms. The Kier molecular flexibility index (Phi) is 8.95. The van der Waals surface area contributed by atoms with Crippen LogP contribution in [-0.4, -0.2) is 18.0 Å². The van der Waals surface area contributed by atoms with Gasteiger partial charge in [0.05, 0.1) is 0 Å². The molecule has 2 rings (SSSR count). The van der Waals surface area contributed by atoms with Crippen LogP contribution in [0.15, 0.2) is 24.3 Å². The van der Waals surface area contributed by atoms with Crippen LogP contribution in [0.1, 0.15) is 76.8 Å². The number of hydrogen-bond acceptors (Lipinski definition) is 2. The SMILES string of the molecule is CC(C)(C)c1ccc(CCCCC(=O)NC2CCC(N)CC2)cc1.Cl. The molecule has 0 saturated heterocycles. The molecule has 1 fully saturated rings. The summed E-state index contributed by atoms with van der Waals surface area (Å²) in [5, 5.41) is 3.17. The summed E-state index contributed by atoms with van der Waals surface area (Å²) < 4.78 is 0. The standard InChI is InChI=1S/C21H34N2O.ClH/c1-21(2,3)17-10-8-16(9-11-17)6-4-5-7-20(24)23-19-14-12-18(22)13-15-19;/h8-11,18-19H,4-7,12-15,22H2,1-3H3,(H,23,24);1H. The highest BCUT2D eigenvalue weighted by atomic mass is 35.5. The molecule has 3 nitrogen and oxygen atoms in total. The van der Waals surface area contributed by atoms with Gasteiger partial charge in [0.1, 0.15) is 0 Å². The highest BCUT2D eigenvalue weighted by molar-refractivity contribution is 5.85. The number of benzene rings is 1. The van der Waals surface area contributed by atoms with E-state index >= 15 is 0 Å². The van der Waals surface area contributed by atoms with Gasteiger partial charge in [-0.1, -0.05) is 45.0 Å². The van der Waals surface area contributed by atoms with Gasteiger partial charge in [0, 0.05) is 18.5 Å². The molecule has 25 heavy (non-hydrogen) atoms. The van der Waals surface area contributed by atoms with Gasteiger partial charge in [-0.15, -0.1) is 12.4 Å². The van der Waals surface area contributed by atoms with Crippen molar-refractivity contribution in [2.24, 2.45) is 5.73 Å². The van der Waals surface area contributed by atoms with Crippen LogP contribution < -0.4 is 11.1 Å². The quantitative estimate of drug-likeness (QED) is 0.728. The maximum absolute atomic E-state index is 12.0. The van der Waals surface area contributed by atoms with Crippen molar-refractivity contribution in [1.82, 2.24) is 5.32 Å². The van der Waals surface area contributed by atoms with Crippen molar-refractivity contribution >= 4 is 18.3 Å². The van der Waals surface area contributed by atoms with Crippen molar-refractivity contribution in [3.05, 3.63) is 35.4 Å². The number of aryl methyl sites for hydroxylation is 1. The molecule has 0 heterocycles. The predicted molar refractivity (Wildman–Crippen MR) is 108 cm³/mol. The molecule has 0 spiro atoms. The number of carbonyl (C=O) groups excluding carboxylic acids is 1. The van der Waals surface area contributed by atoms with Gasteiger partial charge >= 0.3 is 0 Å². The fraction of sp³-hybridized carbons (Fsp3) is 0.667. The first kappa shape index (κ1) is 22.0. The van der Waals surface area contributed by atoms with Gasteiger partial charge in [0.25, 0.3) is 0 Å². The number of hydrogen-bond donors (Lipinski definition) is 2. The summed E-state index contributed by atoms with van der Waals surface area (Å²) in [5.74, 6) is 0.207. The van der Waals surface area contributed by atoms with Crippen molar-refractivity contribution in [3.63, 3.8) is 0 Å². The maximum atomic E-state index is 12.0. The Bertz CT molecular complexity index is 514. The van der Waals surface area contributed by atoms with E-state index in [0.29, 0.717) is 18.5 Å². The smallest absolute Gasteiger partial charge is 0.220 e. The largest absolute Gasteiger partial charge is 0.353 e. The molecule has 0 aliphatic heterocycles. The van der Waals surface area contributed by atoms with Crippen molar-refractivity contribution in [2.45, 2.75) is 89.6 Å². The van der Waals surface area contributed by atoms with E-state index in [-0.39, 0.29) is 23.7 Å². The lowest BCUT2D eigenvalue weighted by molar-refractivity contribution is -0.122. The van der Waals surface area contributed by atoms with E-state index in [2.05, 4.69) is 50.4 Å². The van der Waals surface area contributed by atoms with Crippen LogP contribution in [0.4, 0.5) is 0 Å². The molecule has 1 aliphatic carbocycles. The average Bonchev–Trinajstić information content (AvgIpc) is 2.53. The van der Waals surface area contributed by atoms with Crippen LogP contribution in [0.5, 0.6) is 0 Å². The Balaban J connectivity index is 0.00000312. The third-order valence-corrected chi connectivity index (χ3v) is 5.08. The van der Waals surface area contributed by atoms with Crippen LogP contribution in [0.3, 0.4) is 0 Å². The first-order valence-corrected chi connectivity index (χ1v) is 9.49. The lowest BCUT2D eigenvalue weighted by Crippen LogP contribution is -2.40. The van der Waals surface area contributed by atoms with E-state index in [0.717, 1.165) is 44.9 Å². The highest BCUT2D eigenvalue weighted by Crippen LogP contribution is 2.22. The van der Waals surface area contributed by atoms with Gasteiger partial charge in [0.15, 0.2) is 0 Å². The van der Waals surface area contributed by atoms with Crippen LogP contribution in [0.2, 0.25) is 0 Å². The molecule has 3 N–H and O–H groups in total. The van der Waals surface area contributed by atoms with Crippen molar-refractivity contribution in [3.8, 4) is 0 Å². The van der Waals surface area contributed by atoms with E-state index in [1.807, 2.05) is 0 Å². The minimum atomic E-state index is 0. The summed E-state index contributed by atoms with van der Waals surface area (Å²) in [5.41, 5.74) is 8.85. The van der Waals surface area contributed by atoms with E-state index < -0.39 is 0 Å². The zero-order chi connectivity index (χ0) is 17.6. The van der Waals surface area contributed by atoms with E-state index in [4.69, 9.17) is 5.73 Å². The molecule has 0 bridgehead atoms. The molecule has 1 aliphatic rings. The Morgan fingerprint density at radius 3 is 2.24 bits per heavy atom. The summed E-state index contributed by atoms with van der Waals surface area (Å²) in [7, 11) is 0. The number of carbonyl (C=O) groups is 1. The van der Waals surface area contributed by atoms with Crippen molar-refractivity contribution < 1.29 is 4.79 Å². The summed E-state index contributed by atoms with van der Waals surface area (Å²) >= 11 is 0. The maximum Gasteiger partial charge on any atom is 0.220 e. The molecule has 142 valence electrons. The second kappa shape index (κ2) is 10.2. The second-order valence-corrected chi connectivity index (χ2v) is 8.33. The van der Waals surface area contributed by atoms with Crippen LogP contribution in [0.25, 0.3) is 0 Å². The van der Waals surface area contributed by atoms with Crippen LogP contribution >= 0.6 is 12.4 Å². The summed E-state index contributed by atoms with van der Waals surface area (Å²) in [6, 6.07) is 9.61. The molecule has 1 amide bonds.